The molecule has 0 unspecified atom stereocenters. The lowest BCUT2D eigenvalue weighted by atomic mass is 9.66. The Balaban J connectivity index is 2.00. The Hall–Kier alpha value is -3.60. The highest BCUT2D eigenvalue weighted by molar-refractivity contribution is 5.88. The number of fused-ring (bicyclic) bond motifs is 3. The van der Waals surface area contributed by atoms with Gasteiger partial charge in [-0.05, 0) is 61.1 Å². The summed E-state index contributed by atoms with van der Waals surface area (Å²) in [5.74, 6) is 1.55. The molecule has 1 aliphatic carbocycles. The maximum absolute atomic E-state index is 9.67. The lowest BCUT2D eigenvalue weighted by Crippen LogP contribution is -2.31. The van der Waals surface area contributed by atoms with Gasteiger partial charge in [0.2, 0.25) is 0 Å². The number of rotatable bonds is 8. The van der Waals surface area contributed by atoms with Crippen LogP contribution in [-0.2, 0) is 5.41 Å². The molecule has 2 N–H and O–H groups in total. The van der Waals surface area contributed by atoms with Gasteiger partial charge in [-0.2, -0.15) is 0 Å². The molecule has 190 valence electrons. The summed E-state index contributed by atoms with van der Waals surface area (Å²) >= 11 is 0. The van der Waals surface area contributed by atoms with Gasteiger partial charge in [0, 0.05) is 11.1 Å². The van der Waals surface area contributed by atoms with Gasteiger partial charge in [0.25, 0.3) is 0 Å². The van der Waals surface area contributed by atoms with Gasteiger partial charge in [-0.3, -0.25) is 0 Å². The van der Waals surface area contributed by atoms with E-state index in [-0.39, 0.29) is 26.4 Å². The summed E-state index contributed by atoms with van der Waals surface area (Å²) in [5, 5.41) is 19.3. The van der Waals surface area contributed by atoms with Gasteiger partial charge < -0.3 is 19.7 Å². The predicted octanol–water partition coefficient (Wildman–Crippen LogP) is 6.03. The Kier molecular flexibility index (Phi) is 6.80. The summed E-state index contributed by atoms with van der Waals surface area (Å²) in [5.41, 5.74) is 10.3. The largest absolute Gasteiger partial charge is 0.491 e. The smallest absolute Gasteiger partial charge is 0.127 e. The second-order valence-electron chi connectivity index (χ2n) is 9.90. The Bertz CT molecular complexity index is 1340. The van der Waals surface area contributed by atoms with Crippen LogP contribution in [0.4, 0.5) is 0 Å². The number of aryl methyl sites for hydroxylation is 4. The van der Waals surface area contributed by atoms with Crippen molar-refractivity contribution in [2.45, 2.75) is 33.1 Å². The maximum atomic E-state index is 9.67. The molecule has 4 aromatic carbocycles. The minimum absolute atomic E-state index is 0.0681. The summed E-state index contributed by atoms with van der Waals surface area (Å²) in [6.45, 7) is 8.62. The van der Waals surface area contributed by atoms with Crippen LogP contribution in [0.25, 0.3) is 11.1 Å². The third-order valence-corrected chi connectivity index (χ3v) is 7.27. The molecule has 0 bridgehead atoms. The second kappa shape index (κ2) is 10.0. The fourth-order valence-electron chi connectivity index (χ4n) is 6.10. The third kappa shape index (κ3) is 4.01. The molecule has 0 spiro atoms. The average molecular weight is 495 g/mol. The molecule has 0 fully saturated rings. The fourth-order valence-corrected chi connectivity index (χ4v) is 6.10. The van der Waals surface area contributed by atoms with Crippen LogP contribution < -0.4 is 9.47 Å². The number of aliphatic hydroxyl groups is 2. The molecule has 4 aromatic rings. The highest BCUT2D eigenvalue weighted by atomic mass is 16.5. The van der Waals surface area contributed by atoms with E-state index in [0.29, 0.717) is 0 Å². The van der Waals surface area contributed by atoms with Crippen molar-refractivity contribution < 1.29 is 19.7 Å². The van der Waals surface area contributed by atoms with Crippen LogP contribution in [0.1, 0.15) is 44.5 Å². The molecule has 0 saturated carbocycles. The van der Waals surface area contributed by atoms with Crippen molar-refractivity contribution in [1.29, 1.82) is 0 Å². The Morgan fingerprint density at radius 3 is 1.38 bits per heavy atom. The van der Waals surface area contributed by atoms with Crippen molar-refractivity contribution in [3.63, 3.8) is 0 Å². The normalized spacial score (nSPS) is 13.2. The van der Waals surface area contributed by atoms with E-state index >= 15 is 0 Å². The molecule has 0 saturated heterocycles. The third-order valence-electron chi connectivity index (χ3n) is 7.27. The molecule has 5 rings (SSSR count). The standard InChI is InChI=1S/C33H34O4/c1-21-17-23(3)31(36-15-13-34)29(19-21)33(30-20-22(2)18-24(4)32(30)37-16-14-35)27-11-7-5-9-25(27)26-10-6-8-12-28(26)33/h5-12,17-20,34-35H,13-16H2,1-4H3. The van der Waals surface area contributed by atoms with Crippen molar-refractivity contribution in [1.82, 2.24) is 0 Å². The minimum Gasteiger partial charge on any atom is -0.491 e. The van der Waals surface area contributed by atoms with Crippen molar-refractivity contribution in [3.05, 3.63) is 117 Å². The first-order valence-electron chi connectivity index (χ1n) is 12.8. The molecule has 0 atom stereocenters. The summed E-state index contributed by atoms with van der Waals surface area (Å²) in [6.07, 6.45) is 0. The lowest BCUT2D eigenvalue weighted by Gasteiger charge is -2.37. The molecule has 0 radical (unpaired) electrons. The van der Waals surface area contributed by atoms with Gasteiger partial charge in [0.15, 0.2) is 0 Å². The molecule has 0 amide bonds. The van der Waals surface area contributed by atoms with Crippen LogP contribution in [0.2, 0.25) is 0 Å². The van der Waals surface area contributed by atoms with E-state index in [1.165, 1.54) is 11.1 Å². The first kappa shape index (κ1) is 25.1. The quantitative estimate of drug-likeness (QED) is 0.277. The van der Waals surface area contributed by atoms with E-state index in [2.05, 4.69) is 100 Å². The maximum Gasteiger partial charge on any atom is 0.127 e. The molecule has 0 heterocycles. The van der Waals surface area contributed by atoms with Gasteiger partial charge >= 0.3 is 0 Å². The average Bonchev–Trinajstić information content (AvgIpc) is 3.18. The number of ether oxygens (including phenoxy) is 2. The van der Waals surface area contributed by atoms with Crippen molar-refractivity contribution in [2.75, 3.05) is 26.4 Å². The summed E-state index contributed by atoms with van der Waals surface area (Å²) < 4.78 is 12.6. The highest BCUT2D eigenvalue weighted by Crippen LogP contribution is 2.60. The topological polar surface area (TPSA) is 58.9 Å². The number of hydrogen-bond donors (Lipinski definition) is 2. The van der Waals surface area contributed by atoms with Crippen molar-refractivity contribution >= 4 is 0 Å². The Labute approximate surface area is 219 Å². The van der Waals surface area contributed by atoms with Gasteiger partial charge in [-0.1, -0.05) is 83.9 Å². The summed E-state index contributed by atoms with van der Waals surface area (Å²) in [7, 11) is 0. The van der Waals surface area contributed by atoms with E-state index in [1.54, 1.807) is 0 Å². The molecule has 0 aromatic heterocycles. The van der Waals surface area contributed by atoms with Crippen molar-refractivity contribution in [3.8, 4) is 22.6 Å². The van der Waals surface area contributed by atoms with Crippen LogP contribution in [0, 0.1) is 27.7 Å². The Morgan fingerprint density at radius 2 is 0.973 bits per heavy atom. The number of hydrogen-bond acceptors (Lipinski definition) is 4. The van der Waals surface area contributed by atoms with Crippen LogP contribution in [0.3, 0.4) is 0 Å². The molecular weight excluding hydrogens is 460 g/mol. The molecule has 0 aliphatic heterocycles. The molecule has 37 heavy (non-hydrogen) atoms. The summed E-state index contributed by atoms with van der Waals surface area (Å²) in [6, 6.07) is 25.8. The summed E-state index contributed by atoms with van der Waals surface area (Å²) in [4.78, 5) is 0. The van der Waals surface area contributed by atoms with E-state index in [0.717, 1.165) is 56.0 Å². The monoisotopic (exact) mass is 494 g/mol. The fraction of sp³-hybridized carbons (Fsp3) is 0.273. The minimum atomic E-state index is -0.726. The van der Waals surface area contributed by atoms with Crippen LogP contribution in [0.5, 0.6) is 11.5 Å². The molecule has 4 nitrogen and oxygen atoms in total. The lowest BCUT2D eigenvalue weighted by molar-refractivity contribution is 0.197. The number of benzene rings is 4. The van der Waals surface area contributed by atoms with E-state index < -0.39 is 5.41 Å². The zero-order chi connectivity index (χ0) is 26.2. The first-order valence-corrected chi connectivity index (χ1v) is 12.8. The number of aliphatic hydroxyl groups excluding tert-OH is 2. The molecule has 1 aliphatic rings. The van der Waals surface area contributed by atoms with E-state index in [4.69, 9.17) is 9.47 Å². The van der Waals surface area contributed by atoms with Crippen LogP contribution in [0.15, 0.2) is 72.8 Å². The SMILES string of the molecule is Cc1cc(C)c(OCCO)c(C2(c3cc(C)cc(C)c3OCCO)c3ccccc3-c3ccccc32)c1. The zero-order valence-electron chi connectivity index (χ0n) is 22.0. The Morgan fingerprint density at radius 1 is 0.568 bits per heavy atom. The van der Waals surface area contributed by atoms with Crippen LogP contribution >= 0.6 is 0 Å². The second-order valence-corrected chi connectivity index (χ2v) is 9.90. The van der Waals surface area contributed by atoms with Crippen LogP contribution in [-0.4, -0.2) is 36.6 Å². The molecule has 4 heteroatoms. The zero-order valence-corrected chi connectivity index (χ0v) is 22.0. The van der Waals surface area contributed by atoms with Gasteiger partial charge in [0.05, 0.1) is 18.6 Å². The van der Waals surface area contributed by atoms with E-state index in [1.807, 2.05) is 0 Å². The first-order chi connectivity index (χ1) is 17.9. The van der Waals surface area contributed by atoms with E-state index in [9.17, 15) is 10.2 Å². The predicted molar refractivity (Wildman–Crippen MR) is 148 cm³/mol. The van der Waals surface area contributed by atoms with Gasteiger partial charge in [-0.15, -0.1) is 0 Å². The van der Waals surface area contributed by atoms with Crippen molar-refractivity contribution in [2.24, 2.45) is 0 Å². The molecular formula is C33H34O4. The van der Waals surface area contributed by atoms with Gasteiger partial charge in [-0.25, -0.2) is 0 Å². The highest BCUT2D eigenvalue weighted by Gasteiger charge is 2.49. The van der Waals surface area contributed by atoms with Gasteiger partial charge in [0.1, 0.15) is 24.7 Å².